The first kappa shape index (κ1) is 14.0. The normalized spacial score (nSPS) is 18.1. The monoisotopic (exact) mass is 302 g/mol. The van der Waals surface area contributed by atoms with Crippen molar-refractivity contribution in [2.24, 2.45) is 7.05 Å². The van der Waals surface area contributed by atoms with Gasteiger partial charge in [0.15, 0.2) is 0 Å². The topological polar surface area (TPSA) is 59.0 Å². The molecule has 2 aromatic rings. The van der Waals surface area contributed by atoms with Gasteiger partial charge in [-0.15, -0.1) is 11.8 Å². The van der Waals surface area contributed by atoms with Gasteiger partial charge >= 0.3 is 6.03 Å². The number of rotatable bonds is 3. The van der Waals surface area contributed by atoms with E-state index in [1.165, 1.54) is 10.5 Å². The largest absolute Gasteiger partial charge is 0.332 e. The highest BCUT2D eigenvalue weighted by molar-refractivity contribution is 7.99. The second kappa shape index (κ2) is 5.81. The number of nitrogens with one attached hydrogen (secondary N) is 2. The fraction of sp³-hybridized carbons (Fsp3) is 0.333. The summed E-state index contributed by atoms with van der Waals surface area (Å²) >= 11 is 1.78. The van der Waals surface area contributed by atoms with E-state index in [2.05, 4.69) is 27.9 Å². The van der Waals surface area contributed by atoms with Crippen molar-refractivity contribution in [3.63, 3.8) is 0 Å². The van der Waals surface area contributed by atoms with E-state index in [1.54, 1.807) is 22.6 Å². The molecule has 2 heterocycles. The van der Waals surface area contributed by atoms with Crippen molar-refractivity contribution in [1.29, 1.82) is 0 Å². The molecule has 5 nitrogen and oxygen atoms in total. The molecule has 2 atom stereocenters. The first-order chi connectivity index (χ1) is 10.1. The van der Waals surface area contributed by atoms with Crippen LogP contribution in [0.1, 0.15) is 30.1 Å². The lowest BCUT2D eigenvalue weighted by Crippen LogP contribution is -2.39. The van der Waals surface area contributed by atoms with Crippen LogP contribution in [0.4, 0.5) is 4.79 Å². The van der Waals surface area contributed by atoms with Crippen LogP contribution >= 0.6 is 11.8 Å². The van der Waals surface area contributed by atoms with Crippen LogP contribution in [0.5, 0.6) is 0 Å². The average molecular weight is 302 g/mol. The van der Waals surface area contributed by atoms with Gasteiger partial charge in [-0.1, -0.05) is 18.2 Å². The van der Waals surface area contributed by atoms with Gasteiger partial charge < -0.3 is 10.6 Å². The van der Waals surface area contributed by atoms with Gasteiger partial charge in [0.1, 0.15) is 0 Å². The van der Waals surface area contributed by atoms with Crippen LogP contribution < -0.4 is 10.6 Å². The lowest BCUT2D eigenvalue weighted by molar-refractivity contribution is 0.235. The van der Waals surface area contributed by atoms with Gasteiger partial charge in [-0.2, -0.15) is 5.10 Å². The number of benzene rings is 1. The number of thioether (sulfide) groups is 1. The third-order valence-electron chi connectivity index (χ3n) is 3.58. The summed E-state index contributed by atoms with van der Waals surface area (Å²) in [7, 11) is 1.86. The Balaban J connectivity index is 1.60. The maximum atomic E-state index is 12.1. The average Bonchev–Trinajstić information content (AvgIpc) is 3.06. The second-order valence-corrected chi connectivity index (χ2v) is 6.25. The van der Waals surface area contributed by atoms with Crippen LogP contribution in [0.15, 0.2) is 41.6 Å². The van der Waals surface area contributed by atoms with E-state index in [0.29, 0.717) is 0 Å². The lowest BCUT2D eigenvalue weighted by Gasteiger charge is -2.17. The Labute approximate surface area is 128 Å². The minimum absolute atomic E-state index is 0.0667. The first-order valence-electron chi connectivity index (χ1n) is 6.91. The van der Waals surface area contributed by atoms with E-state index in [9.17, 15) is 4.79 Å². The summed E-state index contributed by atoms with van der Waals surface area (Å²) in [6, 6.07) is 8.07. The molecule has 0 saturated carbocycles. The molecule has 2 unspecified atom stereocenters. The molecule has 1 aromatic heterocycles. The summed E-state index contributed by atoms with van der Waals surface area (Å²) in [5, 5.41) is 10.1. The minimum Gasteiger partial charge on any atom is -0.332 e. The molecule has 0 saturated heterocycles. The molecule has 0 radical (unpaired) electrons. The highest BCUT2D eigenvalue weighted by atomic mass is 32.2. The fourth-order valence-electron chi connectivity index (χ4n) is 2.43. The summed E-state index contributed by atoms with van der Waals surface area (Å²) in [6.45, 7) is 1.95. The quantitative estimate of drug-likeness (QED) is 0.916. The number of amides is 2. The van der Waals surface area contributed by atoms with Gasteiger partial charge in [-0.25, -0.2) is 4.79 Å². The number of carbonyl (C=O) groups is 1. The molecule has 21 heavy (non-hydrogen) atoms. The number of hydrogen-bond donors (Lipinski definition) is 2. The van der Waals surface area contributed by atoms with Gasteiger partial charge in [0, 0.05) is 29.5 Å². The van der Waals surface area contributed by atoms with Crippen molar-refractivity contribution in [1.82, 2.24) is 20.4 Å². The number of nitrogens with zero attached hydrogens (tertiary/aromatic N) is 2. The molecule has 1 aromatic carbocycles. The van der Waals surface area contributed by atoms with Gasteiger partial charge in [0.2, 0.25) is 0 Å². The van der Waals surface area contributed by atoms with Crippen molar-refractivity contribution in [2.45, 2.75) is 23.9 Å². The Bertz CT molecular complexity index is 655. The predicted molar refractivity (Wildman–Crippen MR) is 83.2 cm³/mol. The van der Waals surface area contributed by atoms with Crippen LogP contribution in [-0.2, 0) is 7.05 Å². The molecular formula is C15H18N4OS. The Morgan fingerprint density at radius 2 is 2.29 bits per heavy atom. The molecule has 0 spiro atoms. The molecule has 0 aliphatic carbocycles. The number of hydrogen-bond acceptors (Lipinski definition) is 3. The maximum Gasteiger partial charge on any atom is 0.315 e. The Morgan fingerprint density at radius 1 is 1.48 bits per heavy atom. The smallest absolute Gasteiger partial charge is 0.315 e. The molecular weight excluding hydrogens is 284 g/mol. The van der Waals surface area contributed by atoms with Gasteiger partial charge in [0.25, 0.3) is 0 Å². The van der Waals surface area contributed by atoms with E-state index in [-0.39, 0.29) is 18.1 Å². The van der Waals surface area contributed by atoms with Crippen molar-refractivity contribution in [3.05, 3.63) is 47.8 Å². The Morgan fingerprint density at radius 3 is 3.05 bits per heavy atom. The third-order valence-corrected chi connectivity index (χ3v) is 4.76. The van der Waals surface area contributed by atoms with Crippen LogP contribution in [0.2, 0.25) is 0 Å². The number of carbonyl (C=O) groups excluding carboxylic acids is 1. The molecule has 1 aliphatic rings. The van der Waals surface area contributed by atoms with E-state index < -0.39 is 0 Å². The minimum atomic E-state index is -0.145. The summed E-state index contributed by atoms with van der Waals surface area (Å²) < 4.78 is 1.73. The van der Waals surface area contributed by atoms with Crippen LogP contribution in [0.3, 0.4) is 0 Å². The van der Waals surface area contributed by atoms with Gasteiger partial charge in [-0.05, 0) is 18.6 Å². The zero-order chi connectivity index (χ0) is 14.8. The highest BCUT2D eigenvalue weighted by Crippen LogP contribution is 2.37. The number of fused-ring (bicyclic) bond motifs is 1. The molecule has 110 valence electrons. The van der Waals surface area contributed by atoms with E-state index in [4.69, 9.17) is 0 Å². The molecule has 3 rings (SSSR count). The molecule has 2 N–H and O–H groups in total. The Kier molecular flexibility index (Phi) is 3.88. The summed E-state index contributed by atoms with van der Waals surface area (Å²) in [5.74, 6) is 0.883. The van der Waals surface area contributed by atoms with Crippen molar-refractivity contribution in [3.8, 4) is 0 Å². The molecule has 1 aliphatic heterocycles. The van der Waals surface area contributed by atoms with Crippen LogP contribution in [0.25, 0.3) is 0 Å². The van der Waals surface area contributed by atoms with E-state index >= 15 is 0 Å². The summed E-state index contributed by atoms with van der Waals surface area (Å²) in [5.41, 5.74) is 2.19. The number of aryl methyl sites for hydroxylation is 1. The number of urea groups is 1. The molecule has 2 amide bonds. The van der Waals surface area contributed by atoms with Crippen molar-refractivity contribution < 1.29 is 4.79 Å². The van der Waals surface area contributed by atoms with Crippen LogP contribution in [0, 0.1) is 0 Å². The van der Waals surface area contributed by atoms with E-state index in [1.807, 2.05) is 32.3 Å². The van der Waals surface area contributed by atoms with E-state index in [0.717, 1.165) is 11.3 Å². The zero-order valence-corrected chi connectivity index (χ0v) is 12.9. The van der Waals surface area contributed by atoms with Crippen LogP contribution in [-0.4, -0.2) is 21.6 Å². The number of aromatic nitrogens is 2. The standard InChI is InChI=1S/C15H18N4OS/c1-10(11-7-16-19(2)8-11)17-15(20)18-13-9-21-14-6-4-3-5-12(13)14/h3-8,10,13H,9H2,1-2H3,(H2,17,18,20). The lowest BCUT2D eigenvalue weighted by atomic mass is 10.1. The van der Waals surface area contributed by atoms with Crippen molar-refractivity contribution in [2.75, 3.05) is 5.75 Å². The molecule has 0 bridgehead atoms. The summed E-state index contributed by atoms with van der Waals surface area (Å²) in [4.78, 5) is 13.4. The predicted octanol–water partition coefficient (Wildman–Crippen LogP) is 2.63. The molecule has 0 fully saturated rings. The second-order valence-electron chi connectivity index (χ2n) is 5.19. The SMILES string of the molecule is CC(NC(=O)NC1CSc2ccccc21)c1cnn(C)c1. The fourth-order valence-corrected chi connectivity index (χ4v) is 3.59. The third kappa shape index (κ3) is 3.05. The Hall–Kier alpha value is -1.95. The van der Waals surface area contributed by atoms with Gasteiger partial charge in [-0.3, -0.25) is 4.68 Å². The zero-order valence-electron chi connectivity index (χ0n) is 12.0. The van der Waals surface area contributed by atoms with Crippen molar-refractivity contribution >= 4 is 17.8 Å². The maximum absolute atomic E-state index is 12.1. The highest BCUT2D eigenvalue weighted by Gasteiger charge is 2.24. The van der Waals surface area contributed by atoms with Gasteiger partial charge in [0.05, 0.1) is 18.3 Å². The first-order valence-corrected chi connectivity index (χ1v) is 7.89. The molecule has 6 heteroatoms. The summed E-state index contributed by atoms with van der Waals surface area (Å²) in [6.07, 6.45) is 3.68.